The number of aliphatic hydroxyl groups is 1. The van der Waals surface area contributed by atoms with E-state index in [9.17, 15) is 4.79 Å². The minimum atomic E-state index is -0.156. The maximum absolute atomic E-state index is 11.3. The zero-order valence-electron chi connectivity index (χ0n) is 9.60. The molecule has 0 radical (unpaired) electrons. The molecule has 0 saturated carbocycles. The molecule has 0 unspecified atom stereocenters. The molecule has 4 nitrogen and oxygen atoms in total. The Hall–Kier alpha value is -1.81. The van der Waals surface area contributed by atoms with E-state index in [1.54, 1.807) is 30.3 Å². The zero-order chi connectivity index (χ0) is 12.5. The molecule has 17 heavy (non-hydrogen) atoms. The van der Waals surface area contributed by atoms with E-state index in [-0.39, 0.29) is 18.3 Å². The number of phenols is 1. The Labute approximate surface area is 101 Å². The molecule has 1 aromatic carbocycles. The summed E-state index contributed by atoms with van der Waals surface area (Å²) in [6, 6.07) is 6.59. The third kappa shape index (κ3) is 5.73. The monoisotopic (exact) mass is 235 g/mol. The van der Waals surface area contributed by atoms with Gasteiger partial charge in [-0.3, -0.25) is 4.79 Å². The Morgan fingerprint density at radius 3 is 2.59 bits per heavy atom. The first kappa shape index (κ1) is 13.3. The van der Waals surface area contributed by atoms with Gasteiger partial charge in [0.15, 0.2) is 0 Å². The van der Waals surface area contributed by atoms with Crippen LogP contribution in [-0.4, -0.2) is 29.3 Å². The molecule has 0 aliphatic carbocycles. The molecule has 1 aromatic rings. The molecule has 0 bridgehead atoms. The van der Waals surface area contributed by atoms with Gasteiger partial charge < -0.3 is 15.5 Å². The van der Waals surface area contributed by atoms with Crippen LogP contribution in [0.2, 0.25) is 0 Å². The number of aliphatic hydroxyl groups excluding tert-OH is 1. The Morgan fingerprint density at radius 2 is 1.94 bits per heavy atom. The summed E-state index contributed by atoms with van der Waals surface area (Å²) in [5.41, 5.74) is 0.855. The zero-order valence-corrected chi connectivity index (χ0v) is 9.60. The van der Waals surface area contributed by atoms with Crippen molar-refractivity contribution in [1.29, 1.82) is 0 Å². The van der Waals surface area contributed by atoms with Gasteiger partial charge in [-0.1, -0.05) is 12.1 Å². The number of phenolic OH excluding ortho intramolecular Hbond substituents is 1. The second-order valence-electron chi connectivity index (χ2n) is 3.65. The Morgan fingerprint density at radius 1 is 1.24 bits per heavy atom. The molecule has 92 valence electrons. The smallest absolute Gasteiger partial charge is 0.243 e. The van der Waals surface area contributed by atoms with Gasteiger partial charge in [-0.2, -0.15) is 0 Å². The van der Waals surface area contributed by atoms with Crippen LogP contribution < -0.4 is 5.32 Å². The van der Waals surface area contributed by atoms with Crippen LogP contribution in [0.4, 0.5) is 0 Å². The summed E-state index contributed by atoms with van der Waals surface area (Å²) >= 11 is 0. The standard InChI is InChI=1S/C13H17NO3/c15-10-2-1-9-14-13(17)8-5-11-3-6-12(16)7-4-11/h3-8,15-16H,1-2,9-10H2,(H,14,17)/b8-5-. The lowest BCUT2D eigenvalue weighted by Crippen LogP contribution is -2.22. The minimum absolute atomic E-state index is 0.152. The number of aromatic hydroxyl groups is 1. The fourth-order valence-corrected chi connectivity index (χ4v) is 1.26. The van der Waals surface area contributed by atoms with Crippen LogP contribution in [0.3, 0.4) is 0 Å². The molecule has 0 fully saturated rings. The fraction of sp³-hybridized carbons (Fsp3) is 0.308. The number of carbonyl (C=O) groups excluding carboxylic acids is 1. The Bertz CT molecular complexity index is 371. The number of rotatable bonds is 6. The van der Waals surface area contributed by atoms with Gasteiger partial charge >= 0.3 is 0 Å². The highest BCUT2D eigenvalue weighted by Gasteiger charge is 1.94. The number of amides is 1. The first-order valence-electron chi connectivity index (χ1n) is 5.58. The number of hydrogen-bond donors (Lipinski definition) is 3. The van der Waals surface area contributed by atoms with Gasteiger partial charge in [-0.25, -0.2) is 0 Å². The molecule has 3 N–H and O–H groups in total. The SMILES string of the molecule is O=C(/C=C\c1ccc(O)cc1)NCCCCO. The highest BCUT2D eigenvalue weighted by molar-refractivity contribution is 5.91. The summed E-state index contributed by atoms with van der Waals surface area (Å²) in [7, 11) is 0. The van der Waals surface area contributed by atoms with Crippen molar-refractivity contribution in [3.63, 3.8) is 0 Å². The summed E-state index contributed by atoms with van der Waals surface area (Å²) in [6.45, 7) is 0.721. The lowest BCUT2D eigenvalue weighted by atomic mass is 10.2. The summed E-state index contributed by atoms with van der Waals surface area (Å²) in [4.78, 5) is 11.3. The Kier molecular flexibility index (Phi) is 5.82. The van der Waals surface area contributed by atoms with E-state index in [0.717, 1.165) is 12.0 Å². The molecule has 0 spiro atoms. The van der Waals surface area contributed by atoms with E-state index in [1.807, 2.05) is 0 Å². The minimum Gasteiger partial charge on any atom is -0.508 e. The third-order valence-electron chi connectivity index (χ3n) is 2.20. The van der Waals surface area contributed by atoms with Crippen molar-refractivity contribution < 1.29 is 15.0 Å². The summed E-state index contributed by atoms with van der Waals surface area (Å²) in [5, 5.41) is 20.3. The molecule has 0 heterocycles. The van der Waals surface area contributed by atoms with Crippen molar-refractivity contribution in [1.82, 2.24) is 5.32 Å². The van der Waals surface area contributed by atoms with Crippen LogP contribution in [0.15, 0.2) is 30.3 Å². The van der Waals surface area contributed by atoms with E-state index >= 15 is 0 Å². The quantitative estimate of drug-likeness (QED) is 0.514. The number of benzene rings is 1. The van der Waals surface area contributed by atoms with Crippen molar-refractivity contribution >= 4 is 12.0 Å². The lowest BCUT2D eigenvalue weighted by molar-refractivity contribution is -0.116. The molecule has 1 rings (SSSR count). The highest BCUT2D eigenvalue weighted by atomic mass is 16.3. The van der Waals surface area contributed by atoms with Crippen LogP contribution >= 0.6 is 0 Å². The largest absolute Gasteiger partial charge is 0.508 e. The number of hydrogen-bond acceptors (Lipinski definition) is 3. The molecule has 0 aliphatic rings. The van der Waals surface area contributed by atoms with Gasteiger partial charge in [0, 0.05) is 19.2 Å². The molecular formula is C13H17NO3. The van der Waals surface area contributed by atoms with Crippen molar-refractivity contribution in [2.24, 2.45) is 0 Å². The van der Waals surface area contributed by atoms with Crippen molar-refractivity contribution in [3.05, 3.63) is 35.9 Å². The van der Waals surface area contributed by atoms with Gasteiger partial charge in [0.25, 0.3) is 0 Å². The normalized spacial score (nSPS) is 10.6. The van der Waals surface area contributed by atoms with Crippen molar-refractivity contribution in [3.8, 4) is 5.75 Å². The first-order valence-corrected chi connectivity index (χ1v) is 5.58. The van der Waals surface area contributed by atoms with Gasteiger partial charge in [0.05, 0.1) is 0 Å². The van der Waals surface area contributed by atoms with Crippen molar-refractivity contribution in [2.45, 2.75) is 12.8 Å². The Balaban J connectivity index is 2.32. The average Bonchev–Trinajstić information content (AvgIpc) is 2.34. The van der Waals surface area contributed by atoms with E-state index in [4.69, 9.17) is 10.2 Å². The van der Waals surface area contributed by atoms with E-state index < -0.39 is 0 Å². The molecule has 0 aliphatic heterocycles. The summed E-state index contributed by atoms with van der Waals surface area (Å²) in [5.74, 6) is 0.0478. The van der Waals surface area contributed by atoms with Gasteiger partial charge in [-0.05, 0) is 36.6 Å². The lowest BCUT2D eigenvalue weighted by Gasteiger charge is -2.00. The summed E-state index contributed by atoms with van der Waals surface area (Å²) in [6.07, 6.45) is 4.60. The van der Waals surface area contributed by atoms with Crippen LogP contribution in [0, 0.1) is 0 Å². The number of nitrogens with one attached hydrogen (secondary N) is 1. The van der Waals surface area contributed by atoms with Crippen LogP contribution in [0.5, 0.6) is 5.75 Å². The topological polar surface area (TPSA) is 69.6 Å². The van der Waals surface area contributed by atoms with Gasteiger partial charge in [0.1, 0.15) is 5.75 Å². The molecule has 4 heteroatoms. The van der Waals surface area contributed by atoms with E-state index in [2.05, 4.69) is 5.32 Å². The number of carbonyl (C=O) groups is 1. The van der Waals surface area contributed by atoms with Crippen molar-refractivity contribution in [2.75, 3.05) is 13.2 Å². The third-order valence-corrected chi connectivity index (χ3v) is 2.20. The number of unbranched alkanes of at least 4 members (excludes halogenated alkanes) is 1. The molecule has 0 atom stereocenters. The molecule has 1 amide bonds. The predicted molar refractivity (Wildman–Crippen MR) is 66.5 cm³/mol. The molecule has 0 saturated heterocycles. The first-order chi connectivity index (χ1) is 8.22. The van der Waals surface area contributed by atoms with Crippen LogP contribution in [-0.2, 0) is 4.79 Å². The van der Waals surface area contributed by atoms with Gasteiger partial charge in [0.2, 0.25) is 5.91 Å². The van der Waals surface area contributed by atoms with Crippen LogP contribution in [0.25, 0.3) is 6.08 Å². The second-order valence-corrected chi connectivity index (χ2v) is 3.65. The predicted octanol–water partition coefficient (Wildman–Crippen LogP) is 1.29. The summed E-state index contributed by atoms with van der Waals surface area (Å²) < 4.78 is 0. The second kappa shape index (κ2) is 7.46. The maximum atomic E-state index is 11.3. The van der Waals surface area contributed by atoms with Crippen LogP contribution in [0.1, 0.15) is 18.4 Å². The fourth-order valence-electron chi connectivity index (χ4n) is 1.26. The molecular weight excluding hydrogens is 218 g/mol. The van der Waals surface area contributed by atoms with E-state index in [1.165, 1.54) is 6.08 Å². The average molecular weight is 235 g/mol. The van der Waals surface area contributed by atoms with Gasteiger partial charge in [-0.15, -0.1) is 0 Å². The highest BCUT2D eigenvalue weighted by Crippen LogP contribution is 2.10. The van der Waals surface area contributed by atoms with E-state index in [0.29, 0.717) is 13.0 Å². The maximum Gasteiger partial charge on any atom is 0.243 e. The molecule has 0 aromatic heterocycles.